The Morgan fingerprint density at radius 1 is 1.00 bits per heavy atom. The van der Waals surface area contributed by atoms with Gasteiger partial charge in [0.25, 0.3) is 5.91 Å². The maximum absolute atomic E-state index is 13.1. The number of aliphatic hydroxyl groups excluding tert-OH is 1. The van der Waals surface area contributed by atoms with Crippen LogP contribution in [-0.2, 0) is 13.0 Å². The van der Waals surface area contributed by atoms with Crippen LogP contribution in [0.5, 0.6) is 0 Å². The molecule has 35 heavy (non-hydrogen) atoms. The van der Waals surface area contributed by atoms with E-state index in [0.717, 1.165) is 41.3 Å². The molecule has 1 amide bonds. The lowest BCUT2D eigenvalue weighted by Crippen LogP contribution is -2.35. The second kappa shape index (κ2) is 10.4. The van der Waals surface area contributed by atoms with Crippen molar-refractivity contribution >= 4 is 16.8 Å². The van der Waals surface area contributed by atoms with Gasteiger partial charge in [0.05, 0.1) is 11.6 Å². The monoisotopic (exact) mass is 465 g/mol. The fourth-order valence-corrected chi connectivity index (χ4v) is 5.06. The van der Waals surface area contributed by atoms with Crippen molar-refractivity contribution in [2.75, 3.05) is 7.05 Å². The molecule has 4 aromatic rings. The Morgan fingerprint density at radius 2 is 1.80 bits per heavy atom. The van der Waals surface area contributed by atoms with Gasteiger partial charge in [-0.2, -0.15) is 0 Å². The van der Waals surface area contributed by atoms with Crippen LogP contribution in [0.15, 0.2) is 91.1 Å². The number of nitrogens with one attached hydrogen (secondary N) is 1. The summed E-state index contributed by atoms with van der Waals surface area (Å²) in [4.78, 5) is 19.2. The van der Waals surface area contributed by atoms with Gasteiger partial charge in [0.2, 0.25) is 0 Å². The summed E-state index contributed by atoms with van der Waals surface area (Å²) in [5, 5.41) is 15.4. The number of hydrogen-bond donors (Lipinski definition) is 2. The molecule has 1 aromatic heterocycles. The lowest BCUT2D eigenvalue weighted by atomic mass is 10.0. The summed E-state index contributed by atoms with van der Waals surface area (Å²) in [6.07, 6.45) is 4.15. The fraction of sp³-hybridized carbons (Fsp3) is 0.267. The molecule has 0 bridgehead atoms. The lowest BCUT2D eigenvalue weighted by Gasteiger charge is -2.21. The van der Waals surface area contributed by atoms with Gasteiger partial charge >= 0.3 is 0 Å². The largest absolute Gasteiger partial charge is 0.387 e. The van der Waals surface area contributed by atoms with Gasteiger partial charge in [0.1, 0.15) is 0 Å². The third-order valence-electron chi connectivity index (χ3n) is 6.97. The van der Waals surface area contributed by atoms with Crippen LogP contribution in [0.25, 0.3) is 10.9 Å². The van der Waals surface area contributed by atoms with E-state index < -0.39 is 6.10 Å². The van der Waals surface area contributed by atoms with Crippen LogP contribution in [0.4, 0.5) is 0 Å². The van der Waals surface area contributed by atoms with Crippen LogP contribution in [-0.4, -0.2) is 40.0 Å². The van der Waals surface area contributed by atoms with Gasteiger partial charge in [0, 0.05) is 42.8 Å². The molecular formula is C30H31N3O2. The summed E-state index contributed by atoms with van der Waals surface area (Å²) in [5.41, 5.74) is 4.86. The molecule has 1 fully saturated rings. The predicted molar refractivity (Wildman–Crippen MR) is 139 cm³/mol. The first kappa shape index (κ1) is 23.2. The minimum absolute atomic E-state index is 0.00230. The highest BCUT2D eigenvalue weighted by Gasteiger charge is 2.29. The predicted octanol–water partition coefficient (Wildman–Crippen LogP) is 4.90. The summed E-state index contributed by atoms with van der Waals surface area (Å²) < 4.78 is 0. The zero-order valence-corrected chi connectivity index (χ0v) is 20.0. The molecule has 3 atom stereocenters. The molecule has 2 heterocycles. The maximum atomic E-state index is 13.1. The quantitative estimate of drug-likeness (QED) is 0.407. The highest BCUT2D eigenvalue weighted by molar-refractivity contribution is 5.94. The number of benzene rings is 3. The van der Waals surface area contributed by atoms with Gasteiger partial charge in [-0.05, 0) is 60.2 Å². The summed E-state index contributed by atoms with van der Waals surface area (Å²) >= 11 is 0. The van der Waals surface area contributed by atoms with Crippen molar-refractivity contribution in [2.45, 2.75) is 44.0 Å². The highest BCUT2D eigenvalue weighted by Crippen LogP contribution is 2.27. The molecule has 0 radical (unpaired) electrons. The normalized spacial score (nSPS) is 18.5. The number of rotatable bonds is 7. The van der Waals surface area contributed by atoms with E-state index in [4.69, 9.17) is 0 Å². The number of hydrogen-bond acceptors (Lipinski definition) is 4. The van der Waals surface area contributed by atoms with Crippen LogP contribution in [0.2, 0.25) is 0 Å². The van der Waals surface area contributed by atoms with E-state index in [9.17, 15) is 9.90 Å². The van der Waals surface area contributed by atoms with Gasteiger partial charge in [-0.3, -0.25) is 9.78 Å². The van der Waals surface area contributed by atoms with Crippen molar-refractivity contribution in [3.8, 4) is 0 Å². The average Bonchev–Trinajstić information content (AvgIpc) is 3.37. The summed E-state index contributed by atoms with van der Waals surface area (Å²) in [6.45, 7) is 0.529. The van der Waals surface area contributed by atoms with Crippen LogP contribution >= 0.6 is 0 Å². The van der Waals surface area contributed by atoms with Crippen LogP contribution in [0, 0.1) is 0 Å². The molecule has 5 rings (SSSR count). The Hall–Kier alpha value is -3.54. The minimum Gasteiger partial charge on any atom is -0.387 e. The number of fused-ring (bicyclic) bond motifs is 1. The van der Waals surface area contributed by atoms with E-state index in [1.807, 2.05) is 92.0 Å². The van der Waals surface area contributed by atoms with Gasteiger partial charge < -0.3 is 15.3 Å². The molecule has 178 valence electrons. The molecule has 2 N–H and O–H groups in total. The third-order valence-corrected chi connectivity index (χ3v) is 6.97. The number of amides is 1. The van der Waals surface area contributed by atoms with E-state index in [-0.39, 0.29) is 11.9 Å². The lowest BCUT2D eigenvalue weighted by molar-refractivity contribution is 0.0785. The van der Waals surface area contributed by atoms with Crippen LogP contribution < -0.4 is 5.32 Å². The topological polar surface area (TPSA) is 65.5 Å². The summed E-state index contributed by atoms with van der Waals surface area (Å²) in [6, 6.07) is 28.2. The zero-order valence-electron chi connectivity index (χ0n) is 20.0. The smallest absolute Gasteiger partial charge is 0.253 e. The van der Waals surface area contributed by atoms with Crippen LogP contribution in [0.1, 0.15) is 46.0 Å². The van der Waals surface area contributed by atoms with Crippen molar-refractivity contribution in [3.05, 3.63) is 113 Å². The Labute approximate surface area is 206 Å². The first-order valence-corrected chi connectivity index (χ1v) is 12.2. The standard InChI is InChI=1S/C30H31N3O2/c1-33(20-24-9-5-11-27-26(24)10-6-18-31-27)30(35)23-14-12-21(13-15-23)19-25-16-17-28(32-25)29(34)22-7-3-2-4-8-22/h2-15,18,25,28-29,32,34H,16-17,19-20H2,1H3/t25-,28+,29+/m0/s1. The molecule has 5 nitrogen and oxygen atoms in total. The van der Waals surface area contributed by atoms with Gasteiger partial charge in [-0.1, -0.05) is 60.7 Å². The van der Waals surface area contributed by atoms with E-state index >= 15 is 0 Å². The van der Waals surface area contributed by atoms with Crippen molar-refractivity contribution in [3.63, 3.8) is 0 Å². The second-order valence-electron chi connectivity index (χ2n) is 9.45. The zero-order chi connectivity index (χ0) is 24.2. The van der Waals surface area contributed by atoms with E-state index in [1.54, 1.807) is 11.1 Å². The summed E-state index contributed by atoms with van der Waals surface area (Å²) in [5.74, 6) is 0.00230. The molecule has 0 spiro atoms. The second-order valence-corrected chi connectivity index (χ2v) is 9.45. The number of aliphatic hydroxyl groups is 1. The molecule has 0 aliphatic carbocycles. The van der Waals surface area contributed by atoms with Crippen molar-refractivity contribution in [1.82, 2.24) is 15.2 Å². The summed E-state index contributed by atoms with van der Waals surface area (Å²) in [7, 11) is 1.84. The van der Waals surface area contributed by atoms with Crippen molar-refractivity contribution in [1.29, 1.82) is 0 Å². The molecule has 1 saturated heterocycles. The molecule has 3 aromatic carbocycles. The molecule has 0 unspecified atom stereocenters. The Bertz CT molecular complexity index is 1280. The number of pyridine rings is 1. The number of carbonyl (C=O) groups excluding carboxylic acids is 1. The number of carbonyl (C=O) groups is 1. The van der Waals surface area contributed by atoms with E-state index in [2.05, 4.69) is 10.3 Å². The molecule has 0 saturated carbocycles. The number of nitrogens with zero attached hydrogens (tertiary/aromatic N) is 2. The first-order valence-electron chi connectivity index (χ1n) is 12.2. The van der Waals surface area contributed by atoms with Gasteiger partial charge in [0.15, 0.2) is 0 Å². The highest BCUT2D eigenvalue weighted by atomic mass is 16.3. The SMILES string of the molecule is CN(Cc1cccc2ncccc12)C(=O)c1ccc(C[C@@H]2CC[C@H]([C@H](O)c3ccccc3)N2)cc1. The van der Waals surface area contributed by atoms with E-state index in [1.165, 1.54) is 5.56 Å². The van der Waals surface area contributed by atoms with Gasteiger partial charge in [-0.15, -0.1) is 0 Å². The van der Waals surface area contributed by atoms with Crippen LogP contribution in [0.3, 0.4) is 0 Å². The Balaban J connectivity index is 1.18. The number of aromatic nitrogens is 1. The molecule has 1 aliphatic heterocycles. The van der Waals surface area contributed by atoms with Gasteiger partial charge in [-0.25, -0.2) is 0 Å². The average molecular weight is 466 g/mol. The van der Waals surface area contributed by atoms with Crippen molar-refractivity contribution < 1.29 is 9.90 Å². The van der Waals surface area contributed by atoms with E-state index in [0.29, 0.717) is 18.2 Å². The third kappa shape index (κ3) is 5.26. The minimum atomic E-state index is -0.491. The molecule has 1 aliphatic rings. The fourth-order valence-electron chi connectivity index (χ4n) is 5.06. The Morgan fingerprint density at radius 3 is 2.60 bits per heavy atom. The first-order chi connectivity index (χ1) is 17.1. The Kier molecular flexibility index (Phi) is 6.89. The molecular weight excluding hydrogens is 434 g/mol. The molecule has 5 heteroatoms. The maximum Gasteiger partial charge on any atom is 0.253 e. The van der Waals surface area contributed by atoms with Crippen molar-refractivity contribution in [2.24, 2.45) is 0 Å².